The van der Waals surface area contributed by atoms with E-state index >= 15 is 0 Å². The molecular formula is C12H9F3N4O3S. The minimum atomic E-state index is -4.75. The average molecular weight is 346 g/mol. The summed E-state index contributed by atoms with van der Waals surface area (Å²) in [4.78, 5) is 11.5. The third-order valence-electron chi connectivity index (χ3n) is 2.89. The number of hydrogen-bond acceptors (Lipinski definition) is 7. The predicted octanol–water partition coefficient (Wildman–Crippen LogP) is 1.97. The van der Waals surface area contributed by atoms with Crippen LogP contribution in [0.15, 0.2) is 29.4 Å². The van der Waals surface area contributed by atoms with Crippen molar-refractivity contribution in [3.05, 3.63) is 24.3 Å². The van der Waals surface area contributed by atoms with Gasteiger partial charge in [0.15, 0.2) is 0 Å². The number of carbonyl (C=O) groups excluding carboxylic acids is 1. The minimum Gasteiger partial charge on any atom is -0.465 e. The molecule has 1 aromatic carbocycles. The van der Waals surface area contributed by atoms with Gasteiger partial charge in [-0.3, -0.25) is 4.79 Å². The van der Waals surface area contributed by atoms with Crippen molar-refractivity contribution in [2.24, 2.45) is 0 Å². The molecule has 1 atom stereocenters. The van der Waals surface area contributed by atoms with Crippen LogP contribution in [0, 0.1) is 0 Å². The van der Waals surface area contributed by atoms with Gasteiger partial charge in [-0.2, -0.15) is 4.68 Å². The van der Waals surface area contributed by atoms with Gasteiger partial charge in [0, 0.05) is 6.42 Å². The van der Waals surface area contributed by atoms with Gasteiger partial charge in [-0.1, -0.05) is 11.8 Å². The van der Waals surface area contributed by atoms with E-state index in [4.69, 9.17) is 4.74 Å². The van der Waals surface area contributed by atoms with Gasteiger partial charge in [-0.05, 0) is 34.7 Å². The third-order valence-corrected chi connectivity index (χ3v) is 4.07. The molecule has 0 amide bonds. The van der Waals surface area contributed by atoms with Gasteiger partial charge in [0.1, 0.15) is 11.0 Å². The first kappa shape index (κ1) is 15.6. The maximum Gasteiger partial charge on any atom is 0.573 e. The van der Waals surface area contributed by atoms with Gasteiger partial charge >= 0.3 is 12.3 Å². The quantitative estimate of drug-likeness (QED) is 0.783. The number of halogens is 3. The van der Waals surface area contributed by atoms with E-state index in [1.165, 1.54) is 16.8 Å². The molecule has 0 aliphatic carbocycles. The zero-order chi connectivity index (χ0) is 16.4. The van der Waals surface area contributed by atoms with Crippen molar-refractivity contribution in [1.29, 1.82) is 0 Å². The maximum absolute atomic E-state index is 12.1. The molecule has 1 fully saturated rings. The molecule has 1 unspecified atom stereocenters. The normalized spacial score (nSPS) is 18.0. The molecule has 122 valence electrons. The largest absolute Gasteiger partial charge is 0.573 e. The van der Waals surface area contributed by atoms with Crippen LogP contribution in [0.2, 0.25) is 0 Å². The molecule has 11 heteroatoms. The van der Waals surface area contributed by atoms with E-state index in [-0.39, 0.29) is 11.7 Å². The number of esters is 1. The van der Waals surface area contributed by atoms with Gasteiger partial charge in [-0.15, -0.1) is 18.3 Å². The molecule has 0 saturated carbocycles. The summed E-state index contributed by atoms with van der Waals surface area (Å²) >= 11 is 1.14. The van der Waals surface area contributed by atoms with E-state index in [0.29, 0.717) is 23.9 Å². The molecule has 1 aliphatic heterocycles. The Morgan fingerprint density at radius 1 is 1.30 bits per heavy atom. The van der Waals surface area contributed by atoms with Crippen LogP contribution in [0.1, 0.15) is 6.42 Å². The highest BCUT2D eigenvalue weighted by atomic mass is 32.2. The summed E-state index contributed by atoms with van der Waals surface area (Å²) < 4.78 is 46.4. The molecule has 1 aliphatic rings. The van der Waals surface area contributed by atoms with Crippen LogP contribution in [0.5, 0.6) is 5.75 Å². The number of cyclic esters (lactones) is 1. The molecular weight excluding hydrogens is 337 g/mol. The Bertz CT molecular complexity index is 704. The number of rotatable bonds is 4. The minimum absolute atomic E-state index is 0.335. The van der Waals surface area contributed by atoms with E-state index in [1.54, 1.807) is 0 Å². The summed E-state index contributed by atoms with van der Waals surface area (Å²) in [5.41, 5.74) is 0.443. The fraction of sp³-hybridized carbons (Fsp3) is 0.333. The van der Waals surface area contributed by atoms with Crippen LogP contribution >= 0.6 is 11.8 Å². The highest BCUT2D eigenvalue weighted by molar-refractivity contribution is 8.00. The van der Waals surface area contributed by atoms with Crippen LogP contribution in [-0.2, 0) is 9.53 Å². The smallest absolute Gasteiger partial charge is 0.465 e. The van der Waals surface area contributed by atoms with Crippen molar-refractivity contribution in [1.82, 2.24) is 20.2 Å². The standard InChI is InChI=1S/C12H9F3N4O3S/c13-12(14,15)22-8-3-1-7(2-4-8)19-11(16-17-18-19)23-9-5-6-21-10(9)20/h1-4,9H,5-6H2. The lowest BCUT2D eigenvalue weighted by atomic mass is 10.3. The van der Waals surface area contributed by atoms with Crippen molar-refractivity contribution < 1.29 is 27.4 Å². The van der Waals surface area contributed by atoms with Crippen LogP contribution < -0.4 is 4.74 Å². The molecule has 0 spiro atoms. The van der Waals surface area contributed by atoms with Gasteiger partial charge in [0.2, 0.25) is 5.16 Å². The first-order valence-corrected chi connectivity index (χ1v) is 7.28. The van der Waals surface area contributed by atoms with Crippen LogP contribution in [-0.4, -0.2) is 44.4 Å². The topological polar surface area (TPSA) is 79.1 Å². The van der Waals surface area contributed by atoms with Gasteiger partial charge in [0.05, 0.1) is 12.3 Å². The van der Waals surface area contributed by atoms with E-state index < -0.39 is 11.6 Å². The van der Waals surface area contributed by atoms with E-state index in [1.807, 2.05) is 0 Å². The highest BCUT2D eigenvalue weighted by Crippen LogP contribution is 2.29. The molecule has 0 bridgehead atoms. The van der Waals surface area contributed by atoms with Crippen LogP contribution in [0.25, 0.3) is 5.69 Å². The third kappa shape index (κ3) is 3.73. The molecule has 3 rings (SSSR count). The number of benzene rings is 1. The molecule has 7 nitrogen and oxygen atoms in total. The number of thioether (sulfide) groups is 1. The Labute approximate surface area is 131 Å². The SMILES string of the molecule is O=C1OCCC1Sc1nnnn1-c1ccc(OC(F)(F)F)cc1. The number of hydrogen-bond donors (Lipinski definition) is 0. The lowest BCUT2D eigenvalue weighted by Crippen LogP contribution is -2.17. The van der Waals surface area contributed by atoms with Gasteiger partial charge in [0.25, 0.3) is 0 Å². The van der Waals surface area contributed by atoms with E-state index in [2.05, 4.69) is 20.3 Å². The molecule has 2 heterocycles. The van der Waals surface area contributed by atoms with Gasteiger partial charge < -0.3 is 9.47 Å². The second-order valence-corrected chi connectivity index (χ2v) is 5.65. The maximum atomic E-state index is 12.1. The molecule has 2 aromatic rings. The molecule has 1 aromatic heterocycles. The average Bonchev–Trinajstić information content (AvgIpc) is 3.09. The lowest BCUT2D eigenvalue weighted by Gasteiger charge is -2.10. The number of ether oxygens (including phenoxy) is 2. The molecule has 0 N–H and O–H groups in total. The summed E-state index contributed by atoms with van der Waals surface area (Å²) in [5.74, 6) is -0.679. The van der Waals surface area contributed by atoms with Crippen LogP contribution in [0.4, 0.5) is 13.2 Å². The van der Waals surface area contributed by atoms with Crippen molar-refractivity contribution in [3.8, 4) is 11.4 Å². The Balaban J connectivity index is 1.77. The van der Waals surface area contributed by atoms with Crippen LogP contribution in [0.3, 0.4) is 0 Å². The zero-order valence-corrected chi connectivity index (χ0v) is 12.2. The van der Waals surface area contributed by atoms with Crippen molar-refractivity contribution >= 4 is 17.7 Å². The van der Waals surface area contributed by atoms with E-state index in [0.717, 1.165) is 23.9 Å². The lowest BCUT2D eigenvalue weighted by molar-refractivity contribution is -0.274. The fourth-order valence-electron chi connectivity index (χ4n) is 1.92. The Morgan fingerprint density at radius 3 is 2.65 bits per heavy atom. The Kier molecular flexibility index (Phi) is 4.11. The zero-order valence-electron chi connectivity index (χ0n) is 11.4. The van der Waals surface area contributed by atoms with Crippen molar-refractivity contribution in [2.45, 2.75) is 23.2 Å². The Morgan fingerprint density at radius 2 is 2.04 bits per heavy atom. The van der Waals surface area contributed by atoms with Crippen molar-refractivity contribution in [3.63, 3.8) is 0 Å². The molecule has 1 saturated heterocycles. The second kappa shape index (κ2) is 6.07. The number of carbonyl (C=O) groups is 1. The molecule has 0 radical (unpaired) electrons. The monoisotopic (exact) mass is 346 g/mol. The predicted molar refractivity (Wildman–Crippen MR) is 71.1 cm³/mol. The second-order valence-electron chi connectivity index (χ2n) is 4.48. The first-order valence-electron chi connectivity index (χ1n) is 6.40. The summed E-state index contributed by atoms with van der Waals surface area (Å²) in [6.07, 6.45) is -4.20. The summed E-state index contributed by atoms with van der Waals surface area (Å²) in [6.45, 7) is 0.349. The molecule has 23 heavy (non-hydrogen) atoms. The summed E-state index contributed by atoms with van der Waals surface area (Å²) in [6, 6.07) is 5.08. The first-order chi connectivity index (χ1) is 10.9. The number of tetrazole rings is 1. The Hall–Kier alpha value is -2.30. The van der Waals surface area contributed by atoms with Gasteiger partial charge in [-0.25, -0.2) is 0 Å². The summed E-state index contributed by atoms with van der Waals surface area (Å²) in [5, 5.41) is 11.1. The fourth-order valence-corrected chi connectivity index (χ4v) is 2.87. The highest BCUT2D eigenvalue weighted by Gasteiger charge is 2.31. The summed E-state index contributed by atoms with van der Waals surface area (Å²) in [7, 11) is 0. The van der Waals surface area contributed by atoms with E-state index in [9.17, 15) is 18.0 Å². The number of nitrogens with zero attached hydrogens (tertiary/aromatic N) is 4. The number of alkyl halides is 3. The number of aromatic nitrogens is 4. The van der Waals surface area contributed by atoms with Crippen molar-refractivity contribution in [2.75, 3.05) is 6.61 Å².